The summed E-state index contributed by atoms with van der Waals surface area (Å²) in [4.78, 5) is 53.0. The molecule has 0 spiro atoms. The topological polar surface area (TPSA) is 142 Å². The van der Waals surface area contributed by atoms with Crippen LogP contribution < -0.4 is 32.5 Å². The van der Waals surface area contributed by atoms with Crippen molar-refractivity contribution in [3.8, 4) is 0 Å². The minimum absolute atomic E-state index is 0.0126. The summed E-state index contributed by atoms with van der Waals surface area (Å²) in [6.45, 7) is 4.53. The summed E-state index contributed by atoms with van der Waals surface area (Å²) in [5, 5.41) is 4.81. The highest BCUT2D eigenvalue weighted by Gasteiger charge is 2.22. The first-order valence-electron chi connectivity index (χ1n) is 10.4. The maximum Gasteiger partial charge on any atom is 0.330 e. The van der Waals surface area contributed by atoms with Gasteiger partial charge in [0.05, 0.1) is 6.54 Å². The molecule has 2 aromatic rings. The molecule has 1 aromatic carbocycles. The number of urea groups is 1. The molecule has 10 nitrogen and oxygen atoms in total. The minimum atomic E-state index is -0.686. The minimum Gasteiger partial charge on any atom is -0.383 e. The van der Waals surface area contributed by atoms with Crippen molar-refractivity contribution in [1.29, 1.82) is 0 Å². The zero-order chi connectivity index (χ0) is 22.8. The highest BCUT2D eigenvalue weighted by atomic mass is 16.2. The maximum absolute atomic E-state index is 12.7. The number of hydrogen-bond donors (Lipinski definition) is 4. The van der Waals surface area contributed by atoms with Crippen molar-refractivity contribution in [3.63, 3.8) is 0 Å². The average molecular weight is 431 g/mol. The first kappa shape index (κ1) is 23.7. The van der Waals surface area contributed by atoms with Crippen molar-refractivity contribution >= 4 is 23.4 Å². The molecule has 0 aliphatic heterocycles. The SMILES string of the molecule is CCCCn1c(N)c(N(CC(=O)NC(=O)NCCC)Cc2ccccc2)c(=O)[nH]c1=O. The molecule has 0 radical (unpaired) electrons. The van der Waals surface area contributed by atoms with Gasteiger partial charge in [-0.2, -0.15) is 0 Å². The number of carbonyl (C=O) groups is 2. The fraction of sp³-hybridized carbons (Fsp3) is 0.429. The number of unbranched alkanes of at least 4 members (excludes halogenated alkanes) is 1. The number of hydrogen-bond acceptors (Lipinski definition) is 6. The normalized spacial score (nSPS) is 10.5. The van der Waals surface area contributed by atoms with Gasteiger partial charge in [0.15, 0.2) is 0 Å². The molecule has 0 unspecified atom stereocenters. The number of anilines is 2. The van der Waals surface area contributed by atoms with Gasteiger partial charge in [-0.1, -0.05) is 50.6 Å². The van der Waals surface area contributed by atoms with E-state index in [9.17, 15) is 19.2 Å². The number of rotatable bonds is 10. The van der Waals surface area contributed by atoms with Crippen LogP contribution in [0.2, 0.25) is 0 Å². The number of carbonyl (C=O) groups excluding carboxylic acids is 2. The van der Waals surface area contributed by atoms with Crippen molar-refractivity contribution in [1.82, 2.24) is 20.2 Å². The molecule has 3 amide bonds. The number of imide groups is 1. The third-order valence-corrected chi connectivity index (χ3v) is 4.60. The van der Waals surface area contributed by atoms with Gasteiger partial charge in [0.1, 0.15) is 11.5 Å². The van der Waals surface area contributed by atoms with E-state index >= 15 is 0 Å². The van der Waals surface area contributed by atoms with Crippen molar-refractivity contribution in [2.24, 2.45) is 0 Å². The highest BCUT2D eigenvalue weighted by Crippen LogP contribution is 2.19. The van der Waals surface area contributed by atoms with E-state index in [4.69, 9.17) is 5.73 Å². The third kappa shape index (κ3) is 6.73. The lowest BCUT2D eigenvalue weighted by molar-refractivity contribution is -0.118. The van der Waals surface area contributed by atoms with Crippen molar-refractivity contribution < 1.29 is 9.59 Å². The molecule has 168 valence electrons. The summed E-state index contributed by atoms with van der Waals surface area (Å²) < 4.78 is 1.30. The lowest BCUT2D eigenvalue weighted by Crippen LogP contribution is -2.46. The molecule has 1 heterocycles. The Kier molecular flexibility index (Phi) is 8.86. The quantitative estimate of drug-likeness (QED) is 0.446. The zero-order valence-electron chi connectivity index (χ0n) is 17.9. The van der Waals surface area contributed by atoms with Gasteiger partial charge in [0, 0.05) is 19.6 Å². The molecule has 0 bridgehead atoms. The van der Waals surface area contributed by atoms with E-state index in [2.05, 4.69) is 15.6 Å². The van der Waals surface area contributed by atoms with Crippen LogP contribution in [0.5, 0.6) is 0 Å². The summed E-state index contributed by atoms with van der Waals surface area (Å²) in [6, 6.07) is 8.60. The van der Waals surface area contributed by atoms with Crippen LogP contribution in [0.1, 0.15) is 38.7 Å². The Bertz CT molecular complexity index is 999. The fourth-order valence-electron chi connectivity index (χ4n) is 3.06. The number of nitrogens with zero attached hydrogens (tertiary/aromatic N) is 2. The van der Waals surface area contributed by atoms with Crippen molar-refractivity contribution in [2.45, 2.75) is 46.2 Å². The van der Waals surface area contributed by atoms with Crippen LogP contribution in [0, 0.1) is 0 Å². The van der Waals surface area contributed by atoms with Gasteiger partial charge in [-0.05, 0) is 18.4 Å². The second-order valence-electron chi connectivity index (χ2n) is 7.14. The number of nitrogen functional groups attached to an aromatic ring is 1. The van der Waals surface area contributed by atoms with Crippen LogP contribution >= 0.6 is 0 Å². The molecule has 10 heteroatoms. The molecule has 31 heavy (non-hydrogen) atoms. The molecule has 1 aromatic heterocycles. The van der Waals surface area contributed by atoms with Gasteiger partial charge in [-0.25, -0.2) is 9.59 Å². The number of nitrogens with one attached hydrogen (secondary N) is 3. The maximum atomic E-state index is 12.7. The van der Waals surface area contributed by atoms with E-state index in [1.807, 2.05) is 44.2 Å². The average Bonchev–Trinajstić information content (AvgIpc) is 2.72. The number of amides is 3. The molecule has 0 atom stereocenters. The number of aromatic nitrogens is 2. The van der Waals surface area contributed by atoms with E-state index in [1.54, 1.807) is 0 Å². The summed E-state index contributed by atoms with van der Waals surface area (Å²) in [7, 11) is 0. The van der Waals surface area contributed by atoms with Gasteiger partial charge in [0.2, 0.25) is 5.91 Å². The van der Waals surface area contributed by atoms with Gasteiger partial charge < -0.3 is 16.0 Å². The summed E-state index contributed by atoms with van der Waals surface area (Å²) in [5.41, 5.74) is 5.78. The highest BCUT2D eigenvalue weighted by molar-refractivity contribution is 5.96. The fourth-order valence-corrected chi connectivity index (χ4v) is 3.06. The predicted molar refractivity (Wildman–Crippen MR) is 120 cm³/mol. The Morgan fingerprint density at radius 2 is 1.84 bits per heavy atom. The van der Waals surface area contributed by atoms with Crippen LogP contribution in [0.25, 0.3) is 0 Å². The molecular formula is C21H30N6O4. The van der Waals surface area contributed by atoms with E-state index in [0.29, 0.717) is 19.5 Å². The number of H-pyrrole nitrogens is 1. The van der Waals surface area contributed by atoms with Gasteiger partial charge in [-0.3, -0.25) is 24.5 Å². The Morgan fingerprint density at radius 1 is 1.13 bits per heavy atom. The molecule has 0 saturated carbocycles. The molecule has 0 aliphatic carbocycles. The lowest BCUT2D eigenvalue weighted by atomic mass is 10.2. The van der Waals surface area contributed by atoms with Gasteiger partial charge >= 0.3 is 11.7 Å². The first-order chi connectivity index (χ1) is 14.9. The third-order valence-electron chi connectivity index (χ3n) is 4.60. The second kappa shape index (κ2) is 11.6. The Morgan fingerprint density at radius 3 is 2.48 bits per heavy atom. The van der Waals surface area contributed by atoms with Gasteiger partial charge in [-0.15, -0.1) is 0 Å². The van der Waals surface area contributed by atoms with E-state index in [0.717, 1.165) is 18.4 Å². The van der Waals surface area contributed by atoms with Gasteiger partial charge in [0.25, 0.3) is 5.56 Å². The summed E-state index contributed by atoms with van der Waals surface area (Å²) in [5.74, 6) is -0.615. The van der Waals surface area contributed by atoms with Crippen LogP contribution in [0.15, 0.2) is 39.9 Å². The second-order valence-corrected chi connectivity index (χ2v) is 7.14. The smallest absolute Gasteiger partial charge is 0.330 e. The number of benzene rings is 1. The van der Waals surface area contributed by atoms with E-state index in [-0.39, 0.29) is 24.6 Å². The Balaban J connectivity index is 2.38. The monoisotopic (exact) mass is 430 g/mol. The van der Waals surface area contributed by atoms with Crippen LogP contribution in [-0.2, 0) is 17.9 Å². The summed E-state index contributed by atoms with van der Waals surface area (Å²) >= 11 is 0. The van der Waals surface area contributed by atoms with E-state index in [1.165, 1.54) is 9.47 Å². The number of aromatic amines is 1. The molecule has 0 fully saturated rings. The first-order valence-corrected chi connectivity index (χ1v) is 10.4. The van der Waals surface area contributed by atoms with E-state index < -0.39 is 23.2 Å². The Hall–Kier alpha value is -3.56. The predicted octanol–water partition coefficient (Wildman–Crippen LogP) is 1.16. The lowest BCUT2D eigenvalue weighted by Gasteiger charge is -2.25. The molecule has 5 N–H and O–H groups in total. The summed E-state index contributed by atoms with van der Waals surface area (Å²) in [6.07, 6.45) is 2.27. The van der Waals surface area contributed by atoms with Crippen LogP contribution in [0.3, 0.4) is 0 Å². The molecule has 0 aliphatic rings. The Labute approximate surface area is 180 Å². The zero-order valence-corrected chi connectivity index (χ0v) is 17.9. The number of nitrogens with two attached hydrogens (primary N) is 1. The molecule has 0 saturated heterocycles. The van der Waals surface area contributed by atoms with Crippen LogP contribution in [-0.4, -0.2) is 34.6 Å². The standard InChI is InChI=1S/C21H30N6O4/c1-3-5-12-27-18(22)17(19(29)25-21(27)31)26(13-15-9-7-6-8-10-15)14-16(28)24-20(30)23-11-4-2/h6-10H,3-5,11-14,22H2,1-2H3,(H,25,29,31)(H2,23,24,28,30). The van der Waals surface area contributed by atoms with Crippen molar-refractivity contribution in [3.05, 3.63) is 56.7 Å². The largest absolute Gasteiger partial charge is 0.383 e. The van der Waals surface area contributed by atoms with Crippen molar-refractivity contribution in [2.75, 3.05) is 23.7 Å². The molecule has 2 rings (SSSR count). The van der Waals surface area contributed by atoms with Crippen LogP contribution in [0.4, 0.5) is 16.3 Å². The molecular weight excluding hydrogens is 400 g/mol.